The van der Waals surface area contributed by atoms with Gasteiger partial charge in [-0.1, -0.05) is 12.1 Å². The number of benzene rings is 1. The third-order valence-corrected chi connectivity index (χ3v) is 2.89. The molecular weight excluding hydrogens is 242 g/mol. The number of esters is 1. The molecule has 0 bridgehead atoms. The molecule has 0 aliphatic carbocycles. The maximum Gasteiger partial charge on any atom is 0.305 e. The van der Waals surface area contributed by atoms with Crippen LogP contribution in [0.15, 0.2) is 24.3 Å². The molecule has 0 amide bonds. The van der Waals surface area contributed by atoms with E-state index < -0.39 is 0 Å². The Bertz CT molecular complexity index is 362. The lowest BCUT2D eigenvalue weighted by Crippen LogP contribution is -2.02. The third-order valence-electron chi connectivity index (χ3n) is 2.89. The second kappa shape index (κ2) is 9.39. The van der Waals surface area contributed by atoms with Crippen molar-refractivity contribution in [2.75, 3.05) is 20.3 Å². The van der Waals surface area contributed by atoms with E-state index in [1.807, 2.05) is 24.3 Å². The molecular formula is C15H23NO3. The molecule has 4 nitrogen and oxygen atoms in total. The molecule has 1 aromatic carbocycles. The standard InChI is InChI=1S/C15H23NO3/c1-18-15(17)10-7-13-5-8-14(9-6-13)19-12-4-2-3-11-16/h5-6,8-9H,2-4,7,10-12,16H2,1H3. The van der Waals surface area contributed by atoms with Gasteiger partial charge < -0.3 is 15.2 Å². The smallest absolute Gasteiger partial charge is 0.305 e. The fourth-order valence-corrected chi connectivity index (χ4v) is 1.71. The van der Waals surface area contributed by atoms with Crippen LogP contribution in [0.4, 0.5) is 0 Å². The van der Waals surface area contributed by atoms with E-state index in [1.165, 1.54) is 7.11 Å². The monoisotopic (exact) mass is 265 g/mol. The molecule has 0 saturated heterocycles. The van der Waals surface area contributed by atoms with Crippen LogP contribution in [-0.2, 0) is 16.0 Å². The van der Waals surface area contributed by atoms with Crippen molar-refractivity contribution in [2.45, 2.75) is 32.1 Å². The zero-order chi connectivity index (χ0) is 13.9. The highest BCUT2D eigenvalue weighted by atomic mass is 16.5. The van der Waals surface area contributed by atoms with Crippen LogP contribution < -0.4 is 10.5 Å². The lowest BCUT2D eigenvalue weighted by atomic mass is 10.1. The van der Waals surface area contributed by atoms with Crippen LogP contribution in [0.25, 0.3) is 0 Å². The molecule has 0 atom stereocenters. The van der Waals surface area contributed by atoms with Crippen LogP contribution in [0, 0.1) is 0 Å². The first-order valence-corrected chi connectivity index (χ1v) is 6.75. The summed E-state index contributed by atoms with van der Waals surface area (Å²) >= 11 is 0. The first-order chi connectivity index (χ1) is 9.26. The number of nitrogens with two attached hydrogens (primary N) is 1. The summed E-state index contributed by atoms with van der Waals surface area (Å²) in [5, 5.41) is 0. The zero-order valence-electron chi connectivity index (χ0n) is 11.6. The van der Waals surface area contributed by atoms with Gasteiger partial charge in [0, 0.05) is 6.42 Å². The molecule has 0 saturated carbocycles. The Balaban J connectivity index is 2.25. The number of hydrogen-bond donors (Lipinski definition) is 1. The Morgan fingerprint density at radius 3 is 2.53 bits per heavy atom. The van der Waals surface area contributed by atoms with E-state index in [9.17, 15) is 4.79 Å². The van der Waals surface area contributed by atoms with Gasteiger partial charge in [0.25, 0.3) is 0 Å². The lowest BCUT2D eigenvalue weighted by molar-refractivity contribution is -0.140. The van der Waals surface area contributed by atoms with Crippen LogP contribution in [-0.4, -0.2) is 26.2 Å². The number of aryl methyl sites for hydroxylation is 1. The van der Waals surface area contributed by atoms with Crippen LogP contribution in [0.5, 0.6) is 5.75 Å². The van der Waals surface area contributed by atoms with Crippen molar-refractivity contribution < 1.29 is 14.3 Å². The molecule has 0 fully saturated rings. The highest BCUT2D eigenvalue weighted by Crippen LogP contribution is 2.14. The van der Waals surface area contributed by atoms with Gasteiger partial charge in [0.05, 0.1) is 13.7 Å². The number of rotatable bonds is 9. The van der Waals surface area contributed by atoms with Crippen molar-refractivity contribution in [1.29, 1.82) is 0 Å². The van der Waals surface area contributed by atoms with E-state index >= 15 is 0 Å². The first-order valence-electron chi connectivity index (χ1n) is 6.75. The van der Waals surface area contributed by atoms with Crippen LogP contribution >= 0.6 is 0 Å². The summed E-state index contributed by atoms with van der Waals surface area (Å²) in [4.78, 5) is 11.0. The van der Waals surface area contributed by atoms with Gasteiger partial charge in [-0.15, -0.1) is 0 Å². The predicted octanol–water partition coefficient (Wildman–Crippen LogP) is 2.30. The summed E-state index contributed by atoms with van der Waals surface area (Å²) in [6.45, 7) is 1.47. The Morgan fingerprint density at radius 1 is 1.16 bits per heavy atom. The fourth-order valence-electron chi connectivity index (χ4n) is 1.71. The number of ether oxygens (including phenoxy) is 2. The minimum atomic E-state index is -0.180. The quantitative estimate of drug-likeness (QED) is 0.550. The zero-order valence-corrected chi connectivity index (χ0v) is 11.6. The molecule has 0 heterocycles. The molecule has 0 radical (unpaired) electrons. The van der Waals surface area contributed by atoms with Gasteiger partial charge in [-0.05, 0) is 49.9 Å². The van der Waals surface area contributed by atoms with E-state index in [-0.39, 0.29) is 5.97 Å². The summed E-state index contributed by atoms with van der Waals surface area (Å²) in [7, 11) is 1.41. The molecule has 19 heavy (non-hydrogen) atoms. The van der Waals surface area contributed by atoms with E-state index in [0.717, 1.165) is 43.7 Å². The van der Waals surface area contributed by atoms with E-state index in [0.29, 0.717) is 12.8 Å². The van der Waals surface area contributed by atoms with Crippen molar-refractivity contribution in [3.8, 4) is 5.75 Å². The Morgan fingerprint density at radius 2 is 1.89 bits per heavy atom. The minimum Gasteiger partial charge on any atom is -0.494 e. The molecule has 0 aliphatic rings. The molecule has 0 aliphatic heterocycles. The first kappa shape index (κ1) is 15.5. The molecule has 1 rings (SSSR count). The summed E-state index contributed by atoms with van der Waals surface area (Å²) in [6, 6.07) is 7.85. The van der Waals surface area contributed by atoms with E-state index in [1.54, 1.807) is 0 Å². The maximum atomic E-state index is 11.0. The van der Waals surface area contributed by atoms with E-state index in [2.05, 4.69) is 4.74 Å². The summed E-state index contributed by atoms with van der Waals surface area (Å²) in [6.07, 6.45) is 4.30. The van der Waals surface area contributed by atoms with Crippen molar-refractivity contribution >= 4 is 5.97 Å². The number of carbonyl (C=O) groups excluding carboxylic acids is 1. The topological polar surface area (TPSA) is 61.5 Å². The van der Waals surface area contributed by atoms with Gasteiger partial charge in [0.15, 0.2) is 0 Å². The molecule has 1 aromatic rings. The Kier molecular flexibility index (Phi) is 7.66. The fraction of sp³-hybridized carbons (Fsp3) is 0.533. The number of unbranched alkanes of at least 4 members (excludes halogenated alkanes) is 2. The van der Waals surface area contributed by atoms with E-state index in [4.69, 9.17) is 10.5 Å². The number of hydrogen-bond acceptors (Lipinski definition) is 4. The van der Waals surface area contributed by atoms with Crippen molar-refractivity contribution in [2.24, 2.45) is 5.73 Å². The van der Waals surface area contributed by atoms with Gasteiger partial charge in [-0.2, -0.15) is 0 Å². The molecule has 0 spiro atoms. The highest BCUT2D eigenvalue weighted by Gasteiger charge is 2.01. The van der Waals surface area contributed by atoms with Gasteiger partial charge in [-0.3, -0.25) is 4.79 Å². The highest BCUT2D eigenvalue weighted by molar-refractivity contribution is 5.69. The number of carbonyl (C=O) groups is 1. The van der Waals surface area contributed by atoms with Gasteiger partial charge in [-0.25, -0.2) is 0 Å². The van der Waals surface area contributed by atoms with Crippen molar-refractivity contribution in [1.82, 2.24) is 0 Å². The molecule has 106 valence electrons. The second-order valence-electron chi connectivity index (χ2n) is 4.42. The van der Waals surface area contributed by atoms with Gasteiger partial charge in [0.2, 0.25) is 0 Å². The average molecular weight is 265 g/mol. The lowest BCUT2D eigenvalue weighted by Gasteiger charge is -2.07. The average Bonchev–Trinajstić information content (AvgIpc) is 2.45. The normalized spacial score (nSPS) is 10.2. The Labute approximate surface area is 114 Å². The summed E-state index contributed by atoms with van der Waals surface area (Å²) in [5.74, 6) is 0.690. The van der Waals surface area contributed by atoms with Crippen molar-refractivity contribution in [3.63, 3.8) is 0 Å². The van der Waals surface area contributed by atoms with Crippen LogP contribution in [0.1, 0.15) is 31.2 Å². The number of methoxy groups -OCH3 is 1. The molecule has 0 aromatic heterocycles. The largest absolute Gasteiger partial charge is 0.494 e. The summed E-state index contributed by atoms with van der Waals surface area (Å²) in [5.41, 5.74) is 6.54. The Hall–Kier alpha value is -1.55. The molecule has 4 heteroatoms. The second-order valence-corrected chi connectivity index (χ2v) is 4.42. The molecule has 2 N–H and O–H groups in total. The van der Waals surface area contributed by atoms with Crippen LogP contribution in [0.3, 0.4) is 0 Å². The van der Waals surface area contributed by atoms with Crippen molar-refractivity contribution in [3.05, 3.63) is 29.8 Å². The molecule has 0 unspecified atom stereocenters. The minimum absolute atomic E-state index is 0.180. The van der Waals surface area contributed by atoms with Crippen LogP contribution in [0.2, 0.25) is 0 Å². The van der Waals surface area contributed by atoms with Gasteiger partial charge >= 0.3 is 5.97 Å². The predicted molar refractivity (Wildman–Crippen MR) is 75.2 cm³/mol. The summed E-state index contributed by atoms with van der Waals surface area (Å²) < 4.78 is 10.2. The third kappa shape index (κ3) is 6.82. The van der Waals surface area contributed by atoms with Gasteiger partial charge in [0.1, 0.15) is 5.75 Å². The maximum absolute atomic E-state index is 11.0. The SMILES string of the molecule is COC(=O)CCc1ccc(OCCCCCN)cc1.